The van der Waals surface area contributed by atoms with E-state index >= 15 is 0 Å². The van der Waals surface area contributed by atoms with Crippen LogP contribution < -0.4 is 44.6 Å². The summed E-state index contributed by atoms with van der Waals surface area (Å²) in [5.41, 5.74) is 29.9. The number of nitrogens with zero attached hydrogens (tertiary/aromatic N) is 6. The summed E-state index contributed by atoms with van der Waals surface area (Å²) in [7, 11) is 0. The quantitative estimate of drug-likeness (QED) is 0.0246. The van der Waals surface area contributed by atoms with Crippen LogP contribution in [0, 0.1) is 5.41 Å². The summed E-state index contributed by atoms with van der Waals surface area (Å²) < 4.78 is 0. The van der Waals surface area contributed by atoms with Gasteiger partial charge in [0.1, 0.15) is 19.1 Å². The number of nitrogens with two attached hydrogens (primary N) is 5. The minimum atomic E-state index is -1.06. The molecule has 0 aliphatic heterocycles. The second-order valence-corrected chi connectivity index (χ2v) is 19.6. The molecule has 0 radical (unpaired) electrons. The largest absolute Gasteiger partial charge is 0.370 e. The van der Waals surface area contributed by atoms with E-state index in [2.05, 4.69) is 16.0 Å². The van der Waals surface area contributed by atoms with Gasteiger partial charge in [0.25, 0.3) is 0 Å². The number of hydrogen-bond donors (Lipinski definition) is 9. The number of benzene rings is 2. The summed E-state index contributed by atoms with van der Waals surface area (Å²) in [6.45, 7) is 5.87. The van der Waals surface area contributed by atoms with Crippen molar-refractivity contribution in [2.45, 2.75) is 116 Å². The third-order valence-corrected chi connectivity index (χ3v) is 13.4. The number of rotatable bonds is 40. The minimum Gasteiger partial charge on any atom is -0.370 e. The van der Waals surface area contributed by atoms with Crippen LogP contribution in [0.1, 0.15) is 122 Å². The van der Waals surface area contributed by atoms with Crippen molar-refractivity contribution in [2.24, 2.45) is 28.7 Å². The van der Waals surface area contributed by atoms with E-state index in [0.29, 0.717) is 115 Å². The molecule has 0 aliphatic rings. The van der Waals surface area contributed by atoms with Crippen molar-refractivity contribution in [2.75, 3.05) is 98.2 Å². The SMILES string of the molecule is CC(=O)NCCCC[C@H](NC(=O)CN(C(=O)CN(CCCCN)C(=O)CN(C(=O)CN(CCCCNC(=N)N)C(=O)CN(CCCCN)C(=O)CN(CCCCN)C(C)=O)[C@@H](C)c1ccccc1)[C@@H](C)c1ccccc1)C(N)=O. The van der Waals surface area contributed by atoms with Crippen LogP contribution in [0.2, 0.25) is 0 Å². The molecule has 2 aromatic rings. The van der Waals surface area contributed by atoms with Crippen molar-refractivity contribution < 1.29 is 43.2 Å². The smallest absolute Gasteiger partial charge is 0.243 e. The number of primary amides is 1. The zero-order valence-electron chi connectivity index (χ0n) is 47.1. The lowest BCUT2D eigenvalue weighted by molar-refractivity contribution is -0.149. The van der Waals surface area contributed by atoms with Crippen LogP contribution in [0.5, 0.6) is 0 Å². The summed E-state index contributed by atoms with van der Waals surface area (Å²) in [5.74, 6) is -4.99. The number of hydrogen-bond acceptors (Lipinski definition) is 13. The Hall–Kier alpha value is -7.18. The van der Waals surface area contributed by atoms with Gasteiger partial charge < -0.3 is 74.0 Å². The van der Waals surface area contributed by atoms with Gasteiger partial charge in [0.2, 0.25) is 53.2 Å². The highest BCUT2D eigenvalue weighted by atomic mass is 16.2. The zero-order chi connectivity index (χ0) is 58.7. The molecule has 0 heterocycles. The van der Waals surface area contributed by atoms with E-state index in [1.807, 2.05) is 12.1 Å². The van der Waals surface area contributed by atoms with Crippen LogP contribution in [0.25, 0.3) is 0 Å². The Morgan fingerprint density at radius 3 is 1.28 bits per heavy atom. The highest BCUT2D eigenvalue weighted by Crippen LogP contribution is 2.23. The number of carbonyl (C=O) groups is 9. The topological polar surface area (TPSA) is 363 Å². The van der Waals surface area contributed by atoms with Gasteiger partial charge in [-0.05, 0) is 115 Å². The number of amides is 9. The van der Waals surface area contributed by atoms with Crippen molar-refractivity contribution in [3.8, 4) is 0 Å². The first-order chi connectivity index (χ1) is 37.7. The Morgan fingerprint density at radius 2 is 0.861 bits per heavy atom. The predicted octanol–water partition coefficient (Wildman–Crippen LogP) is 0.257. The Labute approximate surface area is 466 Å². The summed E-state index contributed by atoms with van der Waals surface area (Å²) in [5, 5.41) is 15.7. The normalized spacial score (nSPS) is 12.0. The molecule has 2 rings (SSSR count). The monoisotopic (exact) mass is 1110 g/mol. The summed E-state index contributed by atoms with van der Waals surface area (Å²) in [4.78, 5) is 131. The number of guanidine groups is 1. The number of unbranched alkanes of at least 4 members (excludes halogenated alkanes) is 5. The third kappa shape index (κ3) is 26.8. The second-order valence-electron chi connectivity index (χ2n) is 19.6. The average molecular weight is 1110 g/mol. The molecule has 3 atom stereocenters. The number of nitrogens with one attached hydrogen (secondary N) is 4. The molecule has 9 amide bonds. The van der Waals surface area contributed by atoms with Crippen molar-refractivity contribution >= 4 is 59.1 Å². The molecule has 440 valence electrons. The standard InChI is InChI=1S/C55H91N15O9/c1-41(45-21-7-5-8-22-45)69(35-48(73)64-47(54(59)79)25-11-15-29-62-43(3)71)52(77)38-68(33-19-14-28-58)51(76)40-70(42(2)46-23-9-6-10-24-46)53(78)39-67(34-20-16-30-63-55(60)61)50(75)37-66(32-18-13-27-57)49(74)36-65(44(4)72)31-17-12-26-56/h5-10,21-24,41-42,47H,11-20,25-40,56-58H2,1-4H3,(H2,59,79)(H,62,71)(H,64,73)(H4,60,61,63)/t41-,42-,47-/m0/s1. The molecule has 24 heteroatoms. The maximum Gasteiger partial charge on any atom is 0.243 e. The molecule has 24 nitrogen and oxygen atoms in total. The Kier molecular flexibility index (Phi) is 33.0. The van der Waals surface area contributed by atoms with Crippen molar-refractivity contribution in [1.82, 2.24) is 45.3 Å². The van der Waals surface area contributed by atoms with Crippen LogP contribution in [-0.2, 0) is 43.2 Å². The fourth-order valence-corrected chi connectivity index (χ4v) is 8.62. The van der Waals surface area contributed by atoms with Gasteiger partial charge in [-0.2, -0.15) is 0 Å². The van der Waals surface area contributed by atoms with Gasteiger partial charge in [0.15, 0.2) is 5.96 Å². The van der Waals surface area contributed by atoms with Crippen molar-refractivity contribution in [1.29, 1.82) is 5.41 Å². The molecular weight excluding hydrogens is 1010 g/mol. The van der Waals surface area contributed by atoms with Gasteiger partial charge in [0, 0.05) is 53.1 Å². The molecule has 14 N–H and O–H groups in total. The lowest BCUT2D eigenvalue weighted by atomic mass is 10.1. The number of carbonyl (C=O) groups excluding carboxylic acids is 9. The zero-order valence-corrected chi connectivity index (χ0v) is 47.1. The van der Waals surface area contributed by atoms with E-state index < -0.39 is 92.2 Å². The van der Waals surface area contributed by atoms with Crippen molar-refractivity contribution in [3.63, 3.8) is 0 Å². The molecule has 0 saturated carbocycles. The molecule has 0 aromatic heterocycles. The lowest BCUT2D eigenvalue weighted by Gasteiger charge is -2.35. The van der Waals surface area contributed by atoms with E-state index in [9.17, 15) is 43.2 Å². The fraction of sp³-hybridized carbons (Fsp3) is 0.600. The van der Waals surface area contributed by atoms with Crippen LogP contribution >= 0.6 is 0 Å². The highest BCUT2D eigenvalue weighted by Gasteiger charge is 2.33. The maximum absolute atomic E-state index is 15.0. The van der Waals surface area contributed by atoms with E-state index in [-0.39, 0.29) is 50.4 Å². The molecule has 0 saturated heterocycles. The minimum absolute atomic E-state index is 0.0523. The van der Waals surface area contributed by atoms with Gasteiger partial charge in [0.05, 0.1) is 38.3 Å². The molecule has 79 heavy (non-hydrogen) atoms. The van der Waals surface area contributed by atoms with E-state index in [1.54, 1.807) is 62.4 Å². The van der Waals surface area contributed by atoms with Crippen LogP contribution in [0.4, 0.5) is 0 Å². The third-order valence-electron chi connectivity index (χ3n) is 13.4. The Morgan fingerprint density at radius 1 is 0.481 bits per heavy atom. The van der Waals surface area contributed by atoms with Gasteiger partial charge in [-0.3, -0.25) is 48.6 Å². The molecule has 0 bridgehead atoms. The molecule has 0 unspecified atom stereocenters. The van der Waals surface area contributed by atoms with Gasteiger partial charge in [-0.1, -0.05) is 60.7 Å². The Bertz CT molecular complexity index is 2230. The first-order valence-corrected chi connectivity index (χ1v) is 27.5. The van der Waals surface area contributed by atoms with Crippen LogP contribution in [0.3, 0.4) is 0 Å². The second kappa shape index (κ2) is 38.4. The average Bonchev–Trinajstić information content (AvgIpc) is 3.43. The van der Waals surface area contributed by atoms with Crippen LogP contribution in [0.15, 0.2) is 60.7 Å². The summed E-state index contributed by atoms with van der Waals surface area (Å²) in [6, 6.07) is 15.5. The molecular formula is C55H91N15O9. The first-order valence-electron chi connectivity index (χ1n) is 27.5. The van der Waals surface area contributed by atoms with Crippen molar-refractivity contribution in [3.05, 3.63) is 71.8 Å². The summed E-state index contributed by atoms with van der Waals surface area (Å²) >= 11 is 0. The lowest BCUT2D eigenvalue weighted by Crippen LogP contribution is -2.53. The van der Waals surface area contributed by atoms with Gasteiger partial charge >= 0.3 is 0 Å². The molecule has 2 aromatic carbocycles. The summed E-state index contributed by atoms with van der Waals surface area (Å²) in [6.07, 6.45) is 5.17. The molecule has 0 fully saturated rings. The Balaban J connectivity index is 2.59. The first kappa shape index (κ1) is 67.9. The van der Waals surface area contributed by atoms with E-state index in [1.165, 1.54) is 43.2 Å². The molecule has 0 spiro atoms. The van der Waals surface area contributed by atoms with E-state index in [4.69, 9.17) is 34.1 Å². The predicted molar refractivity (Wildman–Crippen MR) is 303 cm³/mol. The van der Waals surface area contributed by atoms with Gasteiger partial charge in [-0.15, -0.1) is 0 Å². The highest BCUT2D eigenvalue weighted by molar-refractivity contribution is 5.94. The fourth-order valence-electron chi connectivity index (χ4n) is 8.62. The molecule has 0 aliphatic carbocycles. The van der Waals surface area contributed by atoms with Crippen LogP contribution in [-0.4, -0.2) is 193 Å². The van der Waals surface area contributed by atoms with E-state index in [0.717, 1.165) is 0 Å². The maximum atomic E-state index is 15.0. The van der Waals surface area contributed by atoms with Gasteiger partial charge in [-0.25, -0.2) is 0 Å².